The van der Waals surface area contributed by atoms with Crippen LogP contribution in [-0.2, 0) is 20.5 Å². The molecule has 36 heavy (non-hydrogen) atoms. The summed E-state index contributed by atoms with van der Waals surface area (Å²) in [4.78, 5) is 20.5. The number of likely N-dealkylation sites (tertiary alicyclic amines) is 1. The van der Waals surface area contributed by atoms with Crippen molar-refractivity contribution in [2.45, 2.75) is 69.0 Å². The smallest absolute Gasteiger partial charge is 0.248 e. The molecule has 1 aliphatic carbocycles. The van der Waals surface area contributed by atoms with Crippen molar-refractivity contribution in [3.05, 3.63) is 23.3 Å². The Morgan fingerprint density at radius 3 is 2.39 bits per heavy atom. The molecule has 9 heteroatoms. The van der Waals surface area contributed by atoms with Gasteiger partial charge in [0.2, 0.25) is 5.91 Å². The highest BCUT2D eigenvalue weighted by Crippen LogP contribution is 2.29. The van der Waals surface area contributed by atoms with Crippen LogP contribution >= 0.6 is 0 Å². The normalized spacial score (nSPS) is 23.9. The number of methoxy groups -OCH3 is 1. The number of ether oxygens (including phenoxy) is 2. The van der Waals surface area contributed by atoms with E-state index in [-0.39, 0.29) is 18.6 Å². The summed E-state index contributed by atoms with van der Waals surface area (Å²) in [7, 11) is 8.40. The number of carbonyl (C=O) groups excluding carboxylic acids is 1. The van der Waals surface area contributed by atoms with Gasteiger partial charge in [-0.1, -0.05) is 0 Å². The molecule has 1 aromatic carbocycles. The second kappa shape index (κ2) is 13.3. The van der Waals surface area contributed by atoms with Crippen LogP contribution in [0.2, 0.25) is 0 Å². The summed E-state index contributed by atoms with van der Waals surface area (Å²) in [5.41, 5.74) is 1.87. The fraction of sp³-hybridized carbons (Fsp3) is 0.741. The number of hydrogen-bond donors (Lipinski definition) is 0. The van der Waals surface area contributed by atoms with Gasteiger partial charge in [-0.15, -0.1) is 0 Å². The van der Waals surface area contributed by atoms with E-state index in [2.05, 4.69) is 23.9 Å². The number of aryl methyl sites for hydroxylation is 2. The van der Waals surface area contributed by atoms with Crippen molar-refractivity contribution in [2.75, 3.05) is 68.1 Å². The molecule has 4 atom stereocenters. The average molecular weight is 523 g/mol. The van der Waals surface area contributed by atoms with Crippen LogP contribution in [0.15, 0.2) is 17.0 Å². The summed E-state index contributed by atoms with van der Waals surface area (Å²) < 4.78 is 25.9. The predicted molar refractivity (Wildman–Crippen MR) is 145 cm³/mol. The minimum Gasteiger partial charge on any atom is -0.497 e. The van der Waals surface area contributed by atoms with Gasteiger partial charge < -0.3 is 19.3 Å². The van der Waals surface area contributed by atoms with Gasteiger partial charge in [-0.3, -0.25) is 9.69 Å². The van der Waals surface area contributed by atoms with E-state index in [0.717, 1.165) is 54.1 Å². The van der Waals surface area contributed by atoms with Crippen molar-refractivity contribution in [2.24, 2.45) is 0 Å². The Morgan fingerprint density at radius 2 is 1.78 bits per heavy atom. The minimum atomic E-state index is -1.30. The first-order chi connectivity index (χ1) is 17.1. The van der Waals surface area contributed by atoms with E-state index in [4.69, 9.17) is 9.47 Å². The third kappa shape index (κ3) is 7.28. The number of nitrogens with zero attached hydrogens (tertiary/aromatic N) is 4. The fourth-order valence-corrected chi connectivity index (χ4v) is 6.76. The van der Waals surface area contributed by atoms with Gasteiger partial charge in [-0.25, -0.2) is 8.51 Å². The minimum absolute atomic E-state index is 0.0267. The zero-order valence-corrected chi connectivity index (χ0v) is 24.1. The van der Waals surface area contributed by atoms with Crippen molar-refractivity contribution < 1.29 is 18.5 Å². The Labute approximate surface area is 220 Å². The Kier molecular flexibility index (Phi) is 10.8. The first-order valence-corrected chi connectivity index (χ1v) is 14.2. The number of benzene rings is 1. The Bertz CT molecular complexity index is 889. The average Bonchev–Trinajstić information content (AvgIpc) is 3.36. The van der Waals surface area contributed by atoms with E-state index in [1.165, 1.54) is 12.8 Å². The number of rotatable bonds is 11. The van der Waals surface area contributed by atoms with Crippen molar-refractivity contribution >= 4 is 16.9 Å². The number of amides is 1. The predicted octanol–water partition coefficient (Wildman–Crippen LogP) is 2.69. The first-order valence-electron chi connectivity index (χ1n) is 13.1. The first kappa shape index (κ1) is 29.0. The molecule has 3 rings (SSSR count). The van der Waals surface area contributed by atoms with Crippen LogP contribution < -0.4 is 4.74 Å². The molecule has 1 saturated heterocycles. The zero-order valence-electron chi connectivity index (χ0n) is 23.3. The van der Waals surface area contributed by atoms with Crippen molar-refractivity contribution in [1.29, 1.82) is 0 Å². The number of carbonyl (C=O) groups is 1. The van der Waals surface area contributed by atoms with Crippen LogP contribution in [0.3, 0.4) is 0 Å². The van der Waals surface area contributed by atoms with E-state index in [1.54, 1.807) is 11.4 Å². The Morgan fingerprint density at radius 1 is 1.08 bits per heavy atom. The van der Waals surface area contributed by atoms with Crippen molar-refractivity contribution in [1.82, 2.24) is 19.0 Å². The third-order valence-electron chi connectivity index (χ3n) is 7.90. The molecular weight excluding hydrogens is 476 g/mol. The van der Waals surface area contributed by atoms with Gasteiger partial charge in [0.05, 0.1) is 18.6 Å². The quantitative estimate of drug-likeness (QED) is 0.417. The maximum atomic E-state index is 13.1. The standard InChI is InChI=1S/C27H46N4O4S/c1-20-15-25(34-7)16-21(2)27(20)36(33)29(5)13-14-35-19-26(32)30(6)22-9-8-10-23(17-22)31-12-11-24(18-31)28(3)4/h15-16,22-24H,8-14,17-19H2,1-7H3/t22-,23+,24-,36?/m0/s1. The second-order valence-corrected chi connectivity index (χ2v) is 12.2. The SMILES string of the molecule is COc1cc(C)c(S(=O)N(C)CCOCC(=O)N(C)[C@H]2CCC[C@@H](N3CC[C@H](N(C)C)C3)C2)c(C)c1. The van der Waals surface area contributed by atoms with E-state index < -0.39 is 11.0 Å². The third-order valence-corrected chi connectivity index (χ3v) is 9.65. The molecule has 0 spiro atoms. The topological polar surface area (TPSA) is 65.6 Å². The van der Waals surface area contributed by atoms with Gasteiger partial charge in [0.15, 0.2) is 0 Å². The molecule has 1 heterocycles. The van der Waals surface area contributed by atoms with Crippen LogP contribution in [0.25, 0.3) is 0 Å². The number of hydrogen-bond acceptors (Lipinski definition) is 6. The Hall–Kier alpha value is -1.52. The molecule has 0 aromatic heterocycles. The molecule has 1 aromatic rings. The molecular formula is C27H46N4O4S. The zero-order chi connectivity index (χ0) is 26.4. The summed E-state index contributed by atoms with van der Waals surface area (Å²) in [5.74, 6) is 0.792. The highest BCUT2D eigenvalue weighted by molar-refractivity contribution is 7.82. The lowest BCUT2D eigenvalue weighted by atomic mass is 9.89. The molecule has 0 N–H and O–H groups in total. The summed E-state index contributed by atoms with van der Waals surface area (Å²) in [5, 5.41) is 0. The van der Waals surface area contributed by atoms with E-state index in [9.17, 15) is 9.00 Å². The van der Waals surface area contributed by atoms with Gasteiger partial charge in [-0.2, -0.15) is 0 Å². The molecule has 1 amide bonds. The van der Waals surface area contributed by atoms with Gasteiger partial charge in [0.1, 0.15) is 23.3 Å². The molecule has 2 fully saturated rings. The summed E-state index contributed by atoms with van der Waals surface area (Å²) in [6, 6.07) is 5.29. The van der Waals surface area contributed by atoms with Crippen LogP contribution in [0.4, 0.5) is 0 Å². The lowest BCUT2D eigenvalue weighted by Crippen LogP contribution is -2.47. The molecule has 8 nitrogen and oxygen atoms in total. The second-order valence-electron chi connectivity index (χ2n) is 10.6. The molecule has 204 valence electrons. The van der Waals surface area contributed by atoms with Gasteiger partial charge in [0.25, 0.3) is 0 Å². The van der Waals surface area contributed by atoms with Crippen LogP contribution in [0, 0.1) is 13.8 Å². The summed E-state index contributed by atoms with van der Waals surface area (Å²) in [6.45, 7) is 7.07. The maximum Gasteiger partial charge on any atom is 0.248 e. The summed E-state index contributed by atoms with van der Waals surface area (Å²) >= 11 is 0. The molecule has 0 radical (unpaired) electrons. The van der Waals surface area contributed by atoms with Gasteiger partial charge in [-0.05, 0) is 83.3 Å². The van der Waals surface area contributed by atoms with E-state index >= 15 is 0 Å². The lowest BCUT2D eigenvalue weighted by molar-refractivity contribution is -0.137. The van der Waals surface area contributed by atoms with Crippen molar-refractivity contribution in [3.63, 3.8) is 0 Å². The van der Waals surface area contributed by atoms with E-state index in [1.807, 2.05) is 45.0 Å². The Balaban J connectivity index is 1.42. The molecule has 1 saturated carbocycles. The maximum absolute atomic E-state index is 13.1. The molecule has 1 aliphatic heterocycles. The molecule has 1 unspecified atom stereocenters. The monoisotopic (exact) mass is 522 g/mol. The van der Waals surface area contributed by atoms with Crippen LogP contribution in [0.1, 0.15) is 43.2 Å². The molecule has 0 bridgehead atoms. The highest BCUT2D eigenvalue weighted by Gasteiger charge is 2.34. The van der Waals surface area contributed by atoms with Crippen LogP contribution in [0.5, 0.6) is 5.75 Å². The van der Waals surface area contributed by atoms with Crippen LogP contribution in [-0.4, -0.2) is 115 Å². The number of likely N-dealkylation sites (N-methyl/N-ethyl adjacent to an activating group) is 3. The lowest BCUT2D eigenvalue weighted by Gasteiger charge is -2.39. The van der Waals surface area contributed by atoms with Gasteiger partial charge in [0, 0.05) is 51.9 Å². The fourth-order valence-electron chi connectivity index (χ4n) is 5.54. The van der Waals surface area contributed by atoms with Gasteiger partial charge >= 0.3 is 0 Å². The van der Waals surface area contributed by atoms with Crippen molar-refractivity contribution in [3.8, 4) is 5.75 Å². The molecule has 2 aliphatic rings. The largest absolute Gasteiger partial charge is 0.497 e. The highest BCUT2D eigenvalue weighted by atomic mass is 32.2. The summed E-state index contributed by atoms with van der Waals surface area (Å²) in [6.07, 6.45) is 5.73. The van der Waals surface area contributed by atoms with E-state index in [0.29, 0.717) is 25.2 Å².